The molecule has 150 valence electrons. The highest BCUT2D eigenvalue weighted by Crippen LogP contribution is 2.36. The Labute approximate surface area is 167 Å². The van der Waals surface area contributed by atoms with E-state index in [2.05, 4.69) is 15.5 Å². The number of carbonyl (C=O) groups excluding carboxylic acids is 2. The van der Waals surface area contributed by atoms with Crippen LogP contribution in [0.5, 0.6) is 0 Å². The number of rotatable bonds is 4. The minimum absolute atomic E-state index is 0.158. The van der Waals surface area contributed by atoms with Crippen molar-refractivity contribution in [2.45, 2.75) is 31.2 Å². The first-order chi connectivity index (χ1) is 13.4. The number of benzene rings is 1. The fourth-order valence-corrected chi connectivity index (χ4v) is 4.26. The maximum atomic E-state index is 13.0. The summed E-state index contributed by atoms with van der Waals surface area (Å²) in [7, 11) is 0. The van der Waals surface area contributed by atoms with Crippen LogP contribution in [0.4, 0.5) is 16.2 Å². The molecule has 0 aliphatic carbocycles. The van der Waals surface area contributed by atoms with Crippen molar-refractivity contribution in [3.63, 3.8) is 0 Å². The molecule has 1 aromatic carbocycles. The Balaban J connectivity index is 1.48. The molecule has 0 aromatic heterocycles. The van der Waals surface area contributed by atoms with Crippen molar-refractivity contribution in [2.75, 3.05) is 30.3 Å². The number of ether oxygens (including phenoxy) is 1. The number of amides is 3. The second-order valence-corrected chi connectivity index (χ2v) is 7.64. The standard InChI is InChI=1S/C18H23ClN6O3/c19-11-7-13(21)12(9-20)14(8-11)24-4-1-18(2-5-24)16(26)25(17(27)23-18)10-15-22-3-6-28-15/h3,6-8,15,22H,1-2,4-5,9-10,20-21H2,(H,23,27). The number of hydrogen-bond acceptors (Lipinski definition) is 7. The fourth-order valence-electron chi connectivity index (χ4n) is 4.04. The topological polar surface area (TPSA) is 126 Å². The van der Waals surface area contributed by atoms with Crippen molar-refractivity contribution >= 4 is 34.9 Å². The molecule has 4 rings (SSSR count). The molecule has 10 heteroatoms. The Morgan fingerprint density at radius 1 is 1.29 bits per heavy atom. The van der Waals surface area contributed by atoms with Crippen molar-refractivity contribution in [3.8, 4) is 0 Å². The van der Waals surface area contributed by atoms with Crippen LogP contribution in [-0.4, -0.2) is 48.2 Å². The second-order valence-electron chi connectivity index (χ2n) is 7.21. The van der Waals surface area contributed by atoms with Gasteiger partial charge in [0.25, 0.3) is 5.91 Å². The molecule has 3 aliphatic rings. The van der Waals surface area contributed by atoms with Gasteiger partial charge in [0.2, 0.25) is 0 Å². The lowest BCUT2D eigenvalue weighted by atomic mass is 9.87. The number of imide groups is 1. The van der Waals surface area contributed by atoms with Crippen molar-refractivity contribution in [2.24, 2.45) is 5.73 Å². The smallest absolute Gasteiger partial charge is 0.325 e. The number of nitrogens with two attached hydrogens (primary N) is 2. The van der Waals surface area contributed by atoms with Crippen LogP contribution in [0.15, 0.2) is 24.6 Å². The molecule has 0 radical (unpaired) electrons. The summed E-state index contributed by atoms with van der Waals surface area (Å²) in [5.41, 5.74) is 13.3. The third-order valence-corrected chi connectivity index (χ3v) is 5.79. The van der Waals surface area contributed by atoms with E-state index in [-0.39, 0.29) is 18.5 Å². The molecule has 28 heavy (non-hydrogen) atoms. The van der Waals surface area contributed by atoms with E-state index in [1.165, 1.54) is 11.2 Å². The number of halogens is 1. The molecule has 0 bridgehead atoms. The van der Waals surface area contributed by atoms with Crippen molar-refractivity contribution in [1.82, 2.24) is 15.5 Å². The third kappa shape index (κ3) is 3.10. The van der Waals surface area contributed by atoms with Crippen LogP contribution in [-0.2, 0) is 16.1 Å². The van der Waals surface area contributed by atoms with Crippen molar-refractivity contribution < 1.29 is 14.3 Å². The van der Waals surface area contributed by atoms with E-state index < -0.39 is 11.8 Å². The van der Waals surface area contributed by atoms with E-state index in [1.807, 2.05) is 6.07 Å². The highest BCUT2D eigenvalue weighted by atomic mass is 35.5. The number of urea groups is 1. The summed E-state index contributed by atoms with van der Waals surface area (Å²) in [5, 5.41) is 6.39. The number of nitrogen functional groups attached to an aromatic ring is 1. The van der Waals surface area contributed by atoms with E-state index in [1.54, 1.807) is 12.3 Å². The molecule has 3 amide bonds. The molecule has 2 saturated heterocycles. The maximum Gasteiger partial charge on any atom is 0.325 e. The van der Waals surface area contributed by atoms with Gasteiger partial charge in [0.15, 0.2) is 6.23 Å². The summed E-state index contributed by atoms with van der Waals surface area (Å²) in [6.45, 7) is 1.61. The van der Waals surface area contributed by atoms with Gasteiger partial charge in [-0.1, -0.05) is 11.6 Å². The Hall–Kier alpha value is -2.65. The number of hydrogen-bond donors (Lipinski definition) is 4. The van der Waals surface area contributed by atoms with Crippen LogP contribution in [0.25, 0.3) is 0 Å². The Morgan fingerprint density at radius 3 is 2.68 bits per heavy atom. The van der Waals surface area contributed by atoms with E-state index in [0.29, 0.717) is 43.2 Å². The summed E-state index contributed by atoms with van der Waals surface area (Å²) in [5.74, 6) is -0.209. The third-order valence-electron chi connectivity index (χ3n) is 5.57. The predicted octanol–water partition coefficient (Wildman–Crippen LogP) is 0.689. The molecule has 1 spiro atoms. The quantitative estimate of drug-likeness (QED) is 0.428. The van der Waals surface area contributed by atoms with Gasteiger partial charge in [-0.05, 0) is 25.0 Å². The second kappa shape index (κ2) is 7.06. The molecule has 6 N–H and O–H groups in total. The molecular weight excluding hydrogens is 384 g/mol. The van der Waals surface area contributed by atoms with Gasteiger partial charge in [-0.15, -0.1) is 0 Å². The zero-order valence-electron chi connectivity index (χ0n) is 15.3. The monoisotopic (exact) mass is 406 g/mol. The molecule has 1 unspecified atom stereocenters. The molecular formula is C18H23ClN6O3. The minimum Gasteiger partial charge on any atom is -0.475 e. The lowest BCUT2D eigenvalue weighted by Crippen LogP contribution is -2.55. The van der Waals surface area contributed by atoms with E-state index in [0.717, 1.165) is 11.3 Å². The Bertz CT molecular complexity index is 829. The van der Waals surface area contributed by atoms with E-state index >= 15 is 0 Å². The summed E-state index contributed by atoms with van der Waals surface area (Å²) in [6.07, 6.45) is 3.71. The molecule has 2 fully saturated rings. The molecule has 0 saturated carbocycles. The molecule has 1 aromatic rings. The summed E-state index contributed by atoms with van der Waals surface area (Å²) < 4.78 is 5.30. The van der Waals surface area contributed by atoms with Crippen LogP contribution in [0.2, 0.25) is 5.02 Å². The van der Waals surface area contributed by atoms with Gasteiger partial charge in [-0.25, -0.2) is 4.79 Å². The largest absolute Gasteiger partial charge is 0.475 e. The lowest BCUT2D eigenvalue weighted by Gasteiger charge is -2.39. The maximum absolute atomic E-state index is 13.0. The first-order valence-electron chi connectivity index (χ1n) is 9.17. The van der Waals surface area contributed by atoms with Gasteiger partial charge in [-0.3, -0.25) is 9.69 Å². The molecule has 1 atom stereocenters. The van der Waals surface area contributed by atoms with Gasteiger partial charge in [0.05, 0.1) is 6.54 Å². The predicted molar refractivity (Wildman–Crippen MR) is 105 cm³/mol. The number of nitrogens with zero attached hydrogens (tertiary/aromatic N) is 2. The highest BCUT2D eigenvalue weighted by Gasteiger charge is 2.53. The summed E-state index contributed by atoms with van der Waals surface area (Å²) in [4.78, 5) is 28.8. The Kier molecular flexibility index (Phi) is 4.72. The SMILES string of the molecule is NCc1c(N)cc(Cl)cc1N1CCC2(CC1)NC(=O)N(CC1NC=CO1)C2=O. The van der Waals surface area contributed by atoms with Crippen LogP contribution >= 0.6 is 11.6 Å². The van der Waals surface area contributed by atoms with Gasteiger partial charge >= 0.3 is 6.03 Å². The van der Waals surface area contributed by atoms with E-state index in [9.17, 15) is 9.59 Å². The number of anilines is 2. The molecule has 9 nitrogen and oxygen atoms in total. The highest BCUT2D eigenvalue weighted by molar-refractivity contribution is 6.31. The first-order valence-corrected chi connectivity index (χ1v) is 9.55. The lowest BCUT2D eigenvalue weighted by molar-refractivity contribution is -0.133. The summed E-state index contributed by atoms with van der Waals surface area (Å²) in [6, 6.07) is 3.14. The van der Waals surface area contributed by atoms with Crippen LogP contribution in [0.1, 0.15) is 18.4 Å². The number of nitrogens with one attached hydrogen (secondary N) is 2. The van der Waals surface area contributed by atoms with Crippen LogP contribution in [0.3, 0.4) is 0 Å². The van der Waals surface area contributed by atoms with Gasteiger partial charge in [-0.2, -0.15) is 0 Å². The minimum atomic E-state index is -0.882. The Morgan fingerprint density at radius 2 is 2.04 bits per heavy atom. The zero-order chi connectivity index (χ0) is 19.9. The van der Waals surface area contributed by atoms with Crippen molar-refractivity contribution in [3.05, 3.63) is 35.2 Å². The van der Waals surface area contributed by atoms with Gasteiger partial charge in [0.1, 0.15) is 11.8 Å². The van der Waals surface area contributed by atoms with Crippen molar-refractivity contribution in [1.29, 1.82) is 0 Å². The van der Waals surface area contributed by atoms with Crippen LogP contribution in [0, 0.1) is 0 Å². The van der Waals surface area contributed by atoms with Gasteiger partial charge < -0.3 is 31.7 Å². The normalized spacial score (nSPS) is 23.1. The van der Waals surface area contributed by atoms with Crippen LogP contribution < -0.4 is 27.0 Å². The first kappa shape index (κ1) is 18.7. The van der Waals surface area contributed by atoms with E-state index in [4.69, 9.17) is 27.8 Å². The fraction of sp³-hybridized carbons (Fsp3) is 0.444. The van der Waals surface area contributed by atoms with Gasteiger partial charge in [0, 0.05) is 47.8 Å². The summed E-state index contributed by atoms with van der Waals surface area (Å²) >= 11 is 6.17. The average Bonchev–Trinajstić information content (AvgIpc) is 3.25. The zero-order valence-corrected chi connectivity index (χ0v) is 16.0. The molecule has 3 heterocycles. The number of piperidine rings is 1. The molecule has 3 aliphatic heterocycles. The average molecular weight is 407 g/mol. The number of carbonyl (C=O) groups is 2.